The Hall–Kier alpha value is -2.94. The predicted octanol–water partition coefficient (Wildman–Crippen LogP) is 2.79. The first-order chi connectivity index (χ1) is 16.4. The van der Waals surface area contributed by atoms with Crippen molar-refractivity contribution in [3.63, 3.8) is 0 Å². The van der Waals surface area contributed by atoms with Gasteiger partial charge in [-0.25, -0.2) is 4.79 Å². The van der Waals surface area contributed by atoms with E-state index in [9.17, 15) is 9.59 Å². The number of amides is 1. The molecule has 1 saturated heterocycles. The van der Waals surface area contributed by atoms with Crippen LogP contribution in [-0.2, 0) is 36.8 Å². The molecule has 1 aromatic carbocycles. The van der Waals surface area contributed by atoms with Crippen molar-refractivity contribution in [3.8, 4) is 0 Å². The highest BCUT2D eigenvalue weighted by molar-refractivity contribution is 5.91. The summed E-state index contributed by atoms with van der Waals surface area (Å²) >= 11 is 0. The minimum atomic E-state index is -1.21. The Morgan fingerprint density at radius 1 is 1.26 bits per heavy atom. The van der Waals surface area contributed by atoms with Crippen molar-refractivity contribution in [2.75, 3.05) is 13.9 Å². The molecule has 180 valence electrons. The van der Waals surface area contributed by atoms with E-state index in [-0.39, 0.29) is 18.6 Å². The van der Waals surface area contributed by atoms with Gasteiger partial charge in [0.25, 0.3) is 0 Å². The Balaban J connectivity index is 1.55. The Labute approximate surface area is 198 Å². The molecule has 2 aliphatic heterocycles. The van der Waals surface area contributed by atoms with Crippen LogP contribution in [0, 0.1) is 5.92 Å². The predicted molar refractivity (Wildman–Crippen MR) is 127 cm³/mol. The third-order valence-electron chi connectivity index (χ3n) is 6.90. The maximum absolute atomic E-state index is 14.3. The molecular weight excluding hydrogens is 434 g/mol. The van der Waals surface area contributed by atoms with Crippen molar-refractivity contribution < 1.29 is 23.8 Å². The van der Waals surface area contributed by atoms with E-state index in [0.717, 1.165) is 22.2 Å². The minimum Gasteiger partial charge on any atom is -0.467 e. The van der Waals surface area contributed by atoms with Crippen LogP contribution in [0.1, 0.15) is 31.5 Å². The molecule has 0 saturated carbocycles. The van der Waals surface area contributed by atoms with Gasteiger partial charge >= 0.3 is 5.97 Å². The number of H-pyrrole nitrogens is 1. The van der Waals surface area contributed by atoms with Gasteiger partial charge in [0, 0.05) is 23.1 Å². The van der Waals surface area contributed by atoms with E-state index in [1.54, 1.807) is 4.90 Å². The molecule has 3 aliphatic rings. The Kier molecular flexibility index (Phi) is 6.06. The van der Waals surface area contributed by atoms with E-state index < -0.39 is 29.9 Å². The van der Waals surface area contributed by atoms with E-state index in [1.807, 2.05) is 56.4 Å². The number of para-hydroxylation sites is 1. The van der Waals surface area contributed by atoms with Gasteiger partial charge in [-0.15, -0.1) is 0 Å². The lowest BCUT2D eigenvalue weighted by Crippen LogP contribution is -2.66. The molecule has 5 rings (SSSR count). The average molecular weight is 466 g/mol. The van der Waals surface area contributed by atoms with Crippen molar-refractivity contribution in [3.05, 3.63) is 59.8 Å². The van der Waals surface area contributed by atoms with Crippen LogP contribution in [0.4, 0.5) is 0 Å². The summed E-state index contributed by atoms with van der Waals surface area (Å²) in [6.07, 6.45) is 7.83. The second-order valence-electron chi connectivity index (χ2n) is 9.49. The molecule has 1 aliphatic carbocycles. The molecule has 2 N–H and O–H groups in total. The lowest BCUT2D eigenvalue weighted by atomic mass is 9.91. The number of fused-ring (bicyclic) bond motifs is 4. The van der Waals surface area contributed by atoms with Crippen LogP contribution in [0.25, 0.3) is 10.9 Å². The number of hydrogen-bond acceptors (Lipinski definition) is 6. The zero-order valence-electron chi connectivity index (χ0n) is 19.7. The number of nitrogens with zero attached hydrogens (tertiary/aromatic N) is 1. The zero-order valence-corrected chi connectivity index (χ0v) is 19.7. The highest BCUT2D eigenvalue weighted by Crippen LogP contribution is 2.38. The van der Waals surface area contributed by atoms with Gasteiger partial charge in [0.2, 0.25) is 5.91 Å². The number of ether oxygens (including phenoxy) is 3. The van der Waals surface area contributed by atoms with Crippen molar-refractivity contribution >= 4 is 22.8 Å². The number of allylic oxidation sites excluding steroid dienone is 2. The fourth-order valence-corrected chi connectivity index (χ4v) is 5.33. The molecule has 1 fully saturated rings. The third kappa shape index (κ3) is 3.76. The van der Waals surface area contributed by atoms with E-state index in [1.165, 1.54) is 7.11 Å². The van der Waals surface area contributed by atoms with Gasteiger partial charge in [0.05, 0.1) is 13.2 Å². The first-order valence-electron chi connectivity index (χ1n) is 11.8. The number of aromatic nitrogens is 1. The van der Waals surface area contributed by atoms with Gasteiger partial charge in [-0.2, -0.15) is 0 Å². The molecule has 1 amide bonds. The molecule has 4 atom stereocenters. The standard InChI is InChI=1S/C26H31N3O5/c1-16(2)12-22(25(31)32-3)29(26-11-7-6-10-23(26)33-15-34-26)24(30)20-13-18-17-8-4-5-9-19(17)28-21(18)14-27-20/h4-11,16,20,22-23,27-28H,12-15H2,1-3H3/t20-,22-,23?,26-/m0/s1. The molecule has 8 heteroatoms. The summed E-state index contributed by atoms with van der Waals surface area (Å²) in [6, 6.07) is 6.77. The lowest BCUT2D eigenvalue weighted by molar-refractivity contribution is -0.176. The molecule has 0 bridgehead atoms. The molecule has 8 nitrogen and oxygen atoms in total. The van der Waals surface area contributed by atoms with E-state index in [0.29, 0.717) is 19.4 Å². The summed E-state index contributed by atoms with van der Waals surface area (Å²) in [7, 11) is 1.35. The van der Waals surface area contributed by atoms with E-state index >= 15 is 0 Å². The van der Waals surface area contributed by atoms with Gasteiger partial charge in [-0.1, -0.05) is 50.3 Å². The van der Waals surface area contributed by atoms with Crippen LogP contribution in [0.15, 0.2) is 48.6 Å². The normalized spacial score (nSPS) is 26.4. The maximum atomic E-state index is 14.3. The van der Waals surface area contributed by atoms with Gasteiger partial charge in [0.1, 0.15) is 12.1 Å². The smallest absolute Gasteiger partial charge is 0.328 e. The number of carbonyl (C=O) groups excluding carboxylic acids is 2. The maximum Gasteiger partial charge on any atom is 0.328 e. The number of carbonyl (C=O) groups is 2. The Morgan fingerprint density at radius 2 is 2.09 bits per heavy atom. The molecule has 34 heavy (non-hydrogen) atoms. The number of rotatable bonds is 6. The van der Waals surface area contributed by atoms with Crippen LogP contribution in [0.5, 0.6) is 0 Å². The number of hydrogen-bond donors (Lipinski definition) is 2. The fraction of sp³-hybridized carbons (Fsp3) is 0.462. The first kappa shape index (κ1) is 22.8. The number of esters is 1. The molecule has 2 aromatic rings. The summed E-state index contributed by atoms with van der Waals surface area (Å²) in [5.74, 6) is -0.515. The Morgan fingerprint density at radius 3 is 2.88 bits per heavy atom. The molecule has 1 aromatic heterocycles. The summed E-state index contributed by atoms with van der Waals surface area (Å²) in [6.45, 7) is 4.61. The fourth-order valence-electron chi connectivity index (χ4n) is 5.33. The van der Waals surface area contributed by atoms with Gasteiger partial charge in [-0.3, -0.25) is 15.0 Å². The number of aromatic amines is 1. The van der Waals surface area contributed by atoms with Crippen LogP contribution < -0.4 is 5.32 Å². The number of nitrogens with one attached hydrogen (secondary N) is 2. The van der Waals surface area contributed by atoms with Crippen LogP contribution in [-0.4, -0.2) is 59.6 Å². The second-order valence-corrected chi connectivity index (χ2v) is 9.49. The quantitative estimate of drug-likeness (QED) is 0.638. The van der Waals surface area contributed by atoms with E-state index in [2.05, 4.69) is 16.4 Å². The highest BCUT2D eigenvalue weighted by atomic mass is 16.7. The van der Waals surface area contributed by atoms with Crippen LogP contribution in [0.2, 0.25) is 0 Å². The monoisotopic (exact) mass is 465 g/mol. The largest absolute Gasteiger partial charge is 0.467 e. The summed E-state index contributed by atoms with van der Waals surface area (Å²) in [4.78, 5) is 32.4. The zero-order chi connectivity index (χ0) is 23.9. The Bertz CT molecular complexity index is 1150. The number of methoxy groups -OCH3 is 1. The molecule has 0 spiro atoms. The topological polar surface area (TPSA) is 92.9 Å². The number of benzene rings is 1. The summed E-state index contributed by atoms with van der Waals surface area (Å²) in [5, 5.41) is 4.50. The van der Waals surface area contributed by atoms with Crippen LogP contribution in [0.3, 0.4) is 0 Å². The van der Waals surface area contributed by atoms with Gasteiger partial charge in [0.15, 0.2) is 12.5 Å². The van der Waals surface area contributed by atoms with E-state index in [4.69, 9.17) is 14.2 Å². The van der Waals surface area contributed by atoms with Gasteiger partial charge in [-0.05, 0) is 36.5 Å². The minimum absolute atomic E-state index is 0.0311. The van der Waals surface area contributed by atoms with Crippen molar-refractivity contribution in [2.45, 2.75) is 57.1 Å². The molecule has 1 unspecified atom stereocenters. The molecule has 0 radical (unpaired) electrons. The van der Waals surface area contributed by atoms with Crippen LogP contribution >= 0.6 is 0 Å². The summed E-state index contributed by atoms with van der Waals surface area (Å²) in [5.41, 5.74) is 2.06. The average Bonchev–Trinajstić information content (AvgIpc) is 3.44. The SMILES string of the molecule is COC(=O)[C@H](CC(C)C)N(C(=O)[C@@H]1Cc2c([nH]c3ccccc23)CN1)[C@]12C=CC=CC1OCO2. The highest BCUT2D eigenvalue weighted by Gasteiger charge is 2.55. The van der Waals surface area contributed by atoms with Crippen molar-refractivity contribution in [1.29, 1.82) is 0 Å². The second kappa shape index (κ2) is 9.02. The summed E-state index contributed by atoms with van der Waals surface area (Å²) < 4.78 is 17.1. The van der Waals surface area contributed by atoms with Gasteiger partial charge < -0.3 is 19.2 Å². The molecular formula is C26H31N3O5. The first-order valence-corrected chi connectivity index (χ1v) is 11.8. The lowest BCUT2D eigenvalue weighted by Gasteiger charge is -2.46. The van der Waals surface area contributed by atoms with Crippen molar-refractivity contribution in [1.82, 2.24) is 15.2 Å². The van der Waals surface area contributed by atoms with Crippen molar-refractivity contribution in [2.24, 2.45) is 5.92 Å². The third-order valence-corrected chi connectivity index (χ3v) is 6.90. The molecule has 3 heterocycles.